The molecular formula is C6H12N2S. The summed E-state index contributed by atoms with van der Waals surface area (Å²) in [4.78, 5) is 2.19. The summed E-state index contributed by atoms with van der Waals surface area (Å²) in [6.45, 7) is 2.06. The first-order chi connectivity index (χ1) is 3.83. The summed E-state index contributed by atoms with van der Waals surface area (Å²) in [5, 5.41) is 8.41. The van der Waals surface area contributed by atoms with E-state index in [1.165, 1.54) is 0 Å². The predicted molar refractivity (Wildman–Crippen MR) is 41.6 cm³/mol. The molecule has 0 aromatic heterocycles. The number of likely N-dealkylation sites (tertiary alicyclic amines) is 1. The highest BCUT2D eigenvalue weighted by Crippen LogP contribution is 2.11. The standard InChI is InChI=1S/C6H10N2.H2S/c1-8-3-2-6(4-7)5-8;/h6H,2-3,5H2,1H3;1H2/t6-;/m1./s1. The van der Waals surface area contributed by atoms with Gasteiger partial charge in [-0.05, 0) is 20.0 Å². The number of hydrogen-bond donors (Lipinski definition) is 0. The Balaban J connectivity index is 0.000000640. The molecule has 0 aliphatic carbocycles. The Morgan fingerprint density at radius 3 is 2.56 bits per heavy atom. The van der Waals surface area contributed by atoms with Crippen molar-refractivity contribution in [3.8, 4) is 6.07 Å². The lowest BCUT2D eigenvalue weighted by Crippen LogP contribution is -2.13. The second-order valence-electron chi connectivity index (χ2n) is 2.38. The van der Waals surface area contributed by atoms with Gasteiger partial charge in [0.05, 0.1) is 12.0 Å². The third-order valence-corrected chi connectivity index (χ3v) is 1.57. The average Bonchev–Trinajstić information content (AvgIpc) is 2.14. The zero-order chi connectivity index (χ0) is 5.98. The molecule has 1 atom stereocenters. The molecule has 0 amide bonds. The zero-order valence-corrected chi connectivity index (χ0v) is 6.59. The first-order valence-corrected chi connectivity index (χ1v) is 2.91. The summed E-state index contributed by atoms with van der Waals surface area (Å²) in [6.07, 6.45) is 1.06. The maximum absolute atomic E-state index is 8.41. The highest BCUT2D eigenvalue weighted by Gasteiger charge is 2.17. The van der Waals surface area contributed by atoms with Crippen LogP contribution in [0.3, 0.4) is 0 Å². The van der Waals surface area contributed by atoms with Crippen LogP contribution in [0.25, 0.3) is 0 Å². The van der Waals surface area contributed by atoms with Crippen LogP contribution < -0.4 is 0 Å². The minimum absolute atomic E-state index is 0. The molecule has 1 saturated heterocycles. The summed E-state index contributed by atoms with van der Waals surface area (Å²) in [7, 11) is 2.05. The van der Waals surface area contributed by atoms with Crippen molar-refractivity contribution in [2.75, 3.05) is 20.1 Å². The molecule has 0 unspecified atom stereocenters. The lowest BCUT2D eigenvalue weighted by Gasteiger charge is -2.02. The van der Waals surface area contributed by atoms with Crippen LogP contribution in [-0.4, -0.2) is 25.0 Å². The van der Waals surface area contributed by atoms with Crippen molar-refractivity contribution in [2.45, 2.75) is 6.42 Å². The van der Waals surface area contributed by atoms with E-state index >= 15 is 0 Å². The number of hydrogen-bond acceptors (Lipinski definition) is 2. The van der Waals surface area contributed by atoms with Crippen LogP contribution >= 0.6 is 13.5 Å². The van der Waals surface area contributed by atoms with E-state index in [1.54, 1.807) is 0 Å². The molecule has 0 spiro atoms. The highest BCUT2D eigenvalue weighted by atomic mass is 32.1. The molecule has 3 heteroatoms. The van der Waals surface area contributed by atoms with Gasteiger partial charge in [0, 0.05) is 6.54 Å². The summed E-state index contributed by atoms with van der Waals surface area (Å²) in [5.41, 5.74) is 0. The minimum Gasteiger partial charge on any atom is -0.305 e. The van der Waals surface area contributed by atoms with E-state index in [0.717, 1.165) is 19.5 Å². The average molecular weight is 144 g/mol. The van der Waals surface area contributed by atoms with Gasteiger partial charge in [-0.3, -0.25) is 0 Å². The Morgan fingerprint density at radius 2 is 2.33 bits per heavy atom. The number of rotatable bonds is 0. The van der Waals surface area contributed by atoms with Crippen LogP contribution in [0.5, 0.6) is 0 Å². The molecule has 2 nitrogen and oxygen atoms in total. The second-order valence-corrected chi connectivity index (χ2v) is 2.38. The van der Waals surface area contributed by atoms with Crippen molar-refractivity contribution in [3.63, 3.8) is 0 Å². The Kier molecular flexibility index (Phi) is 3.67. The fourth-order valence-corrected chi connectivity index (χ4v) is 1.04. The van der Waals surface area contributed by atoms with Crippen LogP contribution in [0.2, 0.25) is 0 Å². The molecule has 0 N–H and O–H groups in total. The van der Waals surface area contributed by atoms with Gasteiger partial charge in [-0.25, -0.2) is 0 Å². The lowest BCUT2D eigenvalue weighted by atomic mass is 10.1. The van der Waals surface area contributed by atoms with Crippen molar-refractivity contribution in [1.29, 1.82) is 5.26 Å². The van der Waals surface area contributed by atoms with Gasteiger partial charge in [0.25, 0.3) is 0 Å². The molecule has 0 saturated carbocycles. The van der Waals surface area contributed by atoms with Crippen LogP contribution in [0.15, 0.2) is 0 Å². The predicted octanol–water partition coefficient (Wildman–Crippen LogP) is 0.574. The molecular weight excluding hydrogens is 132 g/mol. The molecule has 0 bridgehead atoms. The highest BCUT2D eigenvalue weighted by molar-refractivity contribution is 7.59. The molecule has 1 aliphatic heterocycles. The van der Waals surface area contributed by atoms with Crippen molar-refractivity contribution in [2.24, 2.45) is 5.92 Å². The van der Waals surface area contributed by atoms with E-state index in [0.29, 0.717) is 5.92 Å². The summed E-state index contributed by atoms with van der Waals surface area (Å²) >= 11 is 0. The molecule has 0 aromatic carbocycles. The third kappa shape index (κ3) is 2.25. The maximum Gasteiger partial charge on any atom is 0.0669 e. The van der Waals surface area contributed by atoms with Gasteiger partial charge < -0.3 is 4.90 Å². The molecule has 1 aliphatic rings. The van der Waals surface area contributed by atoms with E-state index in [4.69, 9.17) is 5.26 Å². The molecule has 0 radical (unpaired) electrons. The van der Waals surface area contributed by atoms with Gasteiger partial charge in [0.15, 0.2) is 0 Å². The van der Waals surface area contributed by atoms with Crippen molar-refractivity contribution in [3.05, 3.63) is 0 Å². The van der Waals surface area contributed by atoms with Crippen LogP contribution in [0.4, 0.5) is 0 Å². The lowest BCUT2D eigenvalue weighted by molar-refractivity contribution is 0.409. The topological polar surface area (TPSA) is 27.0 Å². The fraction of sp³-hybridized carbons (Fsp3) is 0.833. The molecule has 1 fully saturated rings. The quantitative estimate of drug-likeness (QED) is 0.497. The van der Waals surface area contributed by atoms with Crippen LogP contribution in [0, 0.1) is 17.2 Å². The van der Waals surface area contributed by atoms with Crippen LogP contribution in [0.1, 0.15) is 6.42 Å². The molecule has 0 aromatic rings. The van der Waals surface area contributed by atoms with Gasteiger partial charge >= 0.3 is 0 Å². The molecule has 9 heavy (non-hydrogen) atoms. The van der Waals surface area contributed by atoms with E-state index in [-0.39, 0.29) is 13.5 Å². The van der Waals surface area contributed by atoms with E-state index < -0.39 is 0 Å². The van der Waals surface area contributed by atoms with E-state index in [1.807, 2.05) is 0 Å². The fourth-order valence-electron chi connectivity index (χ4n) is 1.04. The normalized spacial score (nSPS) is 26.9. The molecule has 1 rings (SSSR count). The number of nitriles is 1. The third-order valence-electron chi connectivity index (χ3n) is 1.57. The van der Waals surface area contributed by atoms with E-state index in [9.17, 15) is 0 Å². The Hall–Kier alpha value is -0.200. The Labute approximate surface area is 62.9 Å². The van der Waals surface area contributed by atoms with Gasteiger partial charge in [-0.1, -0.05) is 0 Å². The Bertz CT molecular complexity index is 119. The maximum atomic E-state index is 8.41. The van der Waals surface area contributed by atoms with E-state index in [2.05, 4.69) is 18.0 Å². The van der Waals surface area contributed by atoms with Gasteiger partial charge in [-0.15, -0.1) is 0 Å². The van der Waals surface area contributed by atoms with Crippen molar-refractivity contribution < 1.29 is 0 Å². The minimum atomic E-state index is 0. The van der Waals surface area contributed by atoms with Gasteiger partial charge in [-0.2, -0.15) is 18.8 Å². The van der Waals surface area contributed by atoms with Gasteiger partial charge in [0.2, 0.25) is 0 Å². The monoisotopic (exact) mass is 144 g/mol. The second kappa shape index (κ2) is 3.76. The molecule has 1 heterocycles. The Morgan fingerprint density at radius 1 is 1.67 bits per heavy atom. The van der Waals surface area contributed by atoms with Crippen molar-refractivity contribution in [1.82, 2.24) is 4.90 Å². The van der Waals surface area contributed by atoms with Crippen molar-refractivity contribution >= 4 is 13.5 Å². The largest absolute Gasteiger partial charge is 0.305 e. The first kappa shape index (κ1) is 8.80. The SMILES string of the molecule is CN1CC[C@H](C#N)C1.S. The zero-order valence-electron chi connectivity index (χ0n) is 5.59. The number of nitrogens with zero attached hydrogens (tertiary/aromatic N) is 2. The first-order valence-electron chi connectivity index (χ1n) is 2.91. The summed E-state index contributed by atoms with van der Waals surface area (Å²) < 4.78 is 0. The molecule has 52 valence electrons. The van der Waals surface area contributed by atoms with Crippen LogP contribution in [-0.2, 0) is 0 Å². The van der Waals surface area contributed by atoms with Gasteiger partial charge in [0.1, 0.15) is 0 Å². The smallest absolute Gasteiger partial charge is 0.0669 e. The summed E-state index contributed by atoms with van der Waals surface area (Å²) in [5.74, 6) is 0.306. The summed E-state index contributed by atoms with van der Waals surface area (Å²) in [6, 6.07) is 2.25.